The molecule has 0 spiro atoms. The van der Waals surface area contributed by atoms with Crippen LogP contribution in [0.1, 0.15) is 60.0 Å². The van der Waals surface area contributed by atoms with E-state index in [1.807, 2.05) is 11.3 Å². The maximum Gasteiger partial charge on any atom is 0.131 e. The summed E-state index contributed by atoms with van der Waals surface area (Å²) in [6.07, 6.45) is 9.78. The van der Waals surface area contributed by atoms with Gasteiger partial charge in [-0.15, -0.1) is 11.3 Å². The smallest absolute Gasteiger partial charge is 0.131 e. The largest absolute Gasteiger partial charge is 0.293 e. The van der Waals surface area contributed by atoms with E-state index in [1.54, 1.807) is 0 Å². The summed E-state index contributed by atoms with van der Waals surface area (Å²) in [5.41, 5.74) is 2.62. The lowest BCUT2D eigenvalue weighted by Gasteiger charge is -2.28. The Morgan fingerprint density at radius 2 is 2.09 bits per heavy atom. The average molecular weight is 392 g/mol. The summed E-state index contributed by atoms with van der Waals surface area (Å²) in [5.74, 6) is 1.72. The van der Waals surface area contributed by atoms with Gasteiger partial charge in [0.05, 0.1) is 3.79 Å². The lowest BCUT2D eigenvalue weighted by molar-refractivity contribution is 0.244. The molecule has 1 aliphatic heterocycles. The fourth-order valence-corrected chi connectivity index (χ4v) is 5.27. The molecule has 0 saturated heterocycles. The van der Waals surface area contributed by atoms with Gasteiger partial charge in [-0.3, -0.25) is 4.90 Å². The van der Waals surface area contributed by atoms with Crippen LogP contribution in [0, 0.1) is 0 Å². The highest BCUT2D eigenvalue weighted by Crippen LogP contribution is 2.31. The Hall–Kier alpha value is -0.780. The number of rotatable bonds is 3. The molecule has 1 fully saturated rings. The second-order valence-corrected chi connectivity index (χ2v) is 9.25. The Balaban J connectivity index is 1.45. The number of aromatic nitrogens is 2. The van der Waals surface area contributed by atoms with E-state index >= 15 is 0 Å². The molecule has 0 amide bonds. The van der Waals surface area contributed by atoms with Gasteiger partial charge in [0.2, 0.25) is 0 Å². The first-order valence-corrected chi connectivity index (χ1v) is 10.2. The Kier molecular flexibility index (Phi) is 4.78. The number of halogens is 1. The molecule has 1 aliphatic carbocycles. The van der Waals surface area contributed by atoms with Crippen molar-refractivity contribution >= 4 is 27.3 Å². The van der Waals surface area contributed by atoms with Crippen molar-refractivity contribution in [3.05, 3.63) is 44.1 Å². The first-order chi connectivity index (χ1) is 11.3. The van der Waals surface area contributed by atoms with Gasteiger partial charge in [0.15, 0.2) is 0 Å². The highest BCUT2D eigenvalue weighted by molar-refractivity contribution is 9.11. The molecule has 3 nitrogen and oxygen atoms in total. The number of fused-ring (bicyclic) bond motifs is 1. The van der Waals surface area contributed by atoms with Gasteiger partial charge in [-0.05, 0) is 40.9 Å². The Bertz CT molecular complexity index is 679. The molecule has 2 aromatic heterocycles. The minimum absolute atomic E-state index is 0.607. The third-order valence-corrected chi connectivity index (χ3v) is 6.62. The molecule has 2 aliphatic rings. The molecule has 0 unspecified atom stereocenters. The Labute approximate surface area is 150 Å². The number of nitrogens with zero attached hydrogens (tertiary/aromatic N) is 3. The van der Waals surface area contributed by atoms with Crippen LogP contribution in [-0.2, 0) is 19.5 Å². The molecular weight excluding hydrogens is 370 g/mol. The third-order valence-electron chi connectivity index (χ3n) is 5.01. The second-order valence-electron chi connectivity index (χ2n) is 6.70. The zero-order valence-electron chi connectivity index (χ0n) is 13.3. The van der Waals surface area contributed by atoms with Crippen molar-refractivity contribution < 1.29 is 0 Å². The molecular formula is C18H22BrN3S. The van der Waals surface area contributed by atoms with E-state index in [-0.39, 0.29) is 0 Å². The third kappa shape index (κ3) is 3.67. The van der Waals surface area contributed by atoms with E-state index < -0.39 is 0 Å². The van der Waals surface area contributed by atoms with Crippen molar-refractivity contribution in [1.82, 2.24) is 14.9 Å². The molecule has 0 radical (unpaired) electrons. The molecule has 5 heteroatoms. The summed E-state index contributed by atoms with van der Waals surface area (Å²) in [7, 11) is 0. The van der Waals surface area contributed by atoms with Gasteiger partial charge in [0.25, 0.3) is 0 Å². The summed E-state index contributed by atoms with van der Waals surface area (Å²) < 4.78 is 1.21. The van der Waals surface area contributed by atoms with Crippen LogP contribution >= 0.6 is 27.3 Å². The van der Waals surface area contributed by atoms with Crippen LogP contribution in [0.25, 0.3) is 0 Å². The Morgan fingerprint density at radius 3 is 2.87 bits per heavy atom. The van der Waals surface area contributed by atoms with Crippen molar-refractivity contribution in [3.63, 3.8) is 0 Å². The maximum atomic E-state index is 4.94. The quantitative estimate of drug-likeness (QED) is 0.744. The van der Waals surface area contributed by atoms with Gasteiger partial charge in [0.1, 0.15) is 5.82 Å². The fourth-order valence-electron chi connectivity index (χ4n) is 3.74. The highest BCUT2D eigenvalue weighted by atomic mass is 79.9. The molecule has 1 saturated carbocycles. The van der Waals surface area contributed by atoms with E-state index in [0.29, 0.717) is 5.92 Å². The summed E-state index contributed by atoms with van der Waals surface area (Å²) in [6.45, 7) is 3.11. The van der Waals surface area contributed by atoms with Crippen LogP contribution < -0.4 is 0 Å². The zero-order chi connectivity index (χ0) is 15.6. The SMILES string of the molecule is Brc1ccc(CN2CCc3nc(C4CCCCC4)ncc3C2)s1. The fraction of sp³-hybridized carbons (Fsp3) is 0.556. The summed E-state index contributed by atoms with van der Waals surface area (Å²) in [6, 6.07) is 4.35. The van der Waals surface area contributed by atoms with Crippen molar-refractivity contribution in [3.8, 4) is 0 Å². The van der Waals surface area contributed by atoms with Crippen LogP contribution in [0.3, 0.4) is 0 Å². The highest BCUT2D eigenvalue weighted by Gasteiger charge is 2.22. The first-order valence-electron chi connectivity index (χ1n) is 8.59. The van der Waals surface area contributed by atoms with E-state index in [1.165, 1.54) is 52.0 Å². The summed E-state index contributed by atoms with van der Waals surface area (Å²) in [5, 5.41) is 0. The van der Waals surface area contributed by atoms with Crippen molar-refractivity contribution in [2.24, 2.45) is 0 Å². The molecule has 4 rings (SSSR count). The van der Waals surface area contributed by atoms with Gasteiger partial charge in [-0.2, -0.15) is 0 Å². The second kappa shape index (κ2) is 6.99. The van der Waals surface area contributed by atoms with E-state index in [0.717, 1.165) is 31.9 Å². The van der Waals surface area contributed by atoms with Crippen LogP contribution in [0.4, 0.5) is 0 Å². The monoisotopic (exact) mass is 391 g/mol. The van der Waals surface area contributed by atoms with E-state index in [4.69, 9.17) is 9.97 Å². The number of hydrogen-bond acceptors (Lipinski definition) is 4. The molecule has 0 N–H and O–H groups in total. The van der Waals surface area contributed by atoms with Gasteiger partial charge in [0, 0.05) is 54.3 Å². The summed E-state index contributed by atoms with van der Waals surface area (Å²) in [4.78, 5) is 13.6. The predicted molar refractivity (Wildman–Crippen MR) is 97.7 cm³/mol. The standard InChI is InChI=1S/C18H22BrN3S/c19-17-7-6-15(23-17)12-22-9-8-16-14(11-22)10-20-18(21-16)13-4-2-1-3-5-13/h6-7,10,13H,1-5,8-9,11-12H2. The van der Waals surface area contributed by atoms with Crippen LogP contribution in [0.5, 0.6) is 0 Å². The molecule has 0 aromatic carbocycles. The zero-order valence-corrected chi connectivity index (χ0v) is 15.7. The molecule has 23 heavy (non-hydrogen) atoms. The molecule has 122 valence electrons. The van der Waals surface area contributed by atoms with Crippen LogP contribution in [0.15, 0.2) is 22.1 Å². The number of thiophene rings is 1. The molecule has 2 aromatic rings. The topological polar surface area (TPSA) is 29.0 Å². The van der Waals surface area contributed by atoms with Crippen molar-refractivity contribution in [2.45, 2.75) is 57.5 Å². The van der Waals surface area contributed by atoms with E-state index in [2.05, 4.69) is 39.2 Å². The molecule has 3 heterocycles. The van der Waals surface area contributed by atoms with Crippen molar-refractivity contribution in [2.75, 3.05) is 6.54 Å². The first kappa shape index (κ1) is 15.7. The van der Waals surface area contributed by atoms with Crippen molar-refractivity contribution in [1.29, 1.82) is 0 Å². The number of hydrogen-bond donors (Lipinski definition) is 0. The lowest BCUT2D eigenvalue weighted by Crippen LogP contribution is -2.31. The average Bonchev–Trinajstić information content (AvgIpc) is 3.00. The minimum atomic E-state index is 0.607. The van der Waals surface area contributed by atoms with E-state index in [9.17, 15) is 0 Å². The predicted octanol–water partition coefficient (Wildman–Crippen LogP) is 4.91. The molecule has 0 bridgehead atoms. The molecule has 0 atom stereocenters. The van der Waals surface area contributed by atoms with Crippen LogP contribution in [0.2, 0.25) is 0 Å². The summed E-state index contributed by atoms with van der Waals surface area (Å²) >= 11 is 5.38. The van der Waals surface area contributed by atoms with Crippen LogP contribution in [-0.4, -0.2) is 21.4 Å². The van der Waals surface area contributed by atoms with Gasteiger partial charge >= 0.3 is 0 Å². The maximum absolute atomic E-state index is 4.94. The van der Waals surface area contributed by atoms with Gasteiger partial charge < -0.3 is 0 Å². The van der Waals surface area contributed by atoms with Gasteiger partial charge in [-0.25, -0.2) is 9.97 Å². The lowest BCUT2D eigenvalue weighted by atomic mass is 9.88. The normalized spacial score (nSPS) is 19.7. The minimum Gasteiger partial charge on any atom is -0.293 e. The van der Waals surface area contributed by atoms with Gasteiger partial charge in [-0.1, -0.05) is 19.3 Å². The Morgan fingerprint density at radius 1 is 1.22 bits per heavy atom.